The Morgan fingerprint density at radius 1 is 1.24 bits per heavy atom. The van der Waals surface area contributed by atoms with Gasteiger partial charge in [0.25, 0.3) is 11.1 Å². The van der Waals surface area contributed by atoms with Gasteiger partial charge in [-0.1, -0.05) is 6.07 Å². The van der Waals surface area contributed by atoms with Gasteiger partial charge in [0.15, 0.2) is 11.5 Å². The molecule has 2 aliphatic rings. The van der Waals surface area contributed by atoms with Crippen LogP contribution in [-0.4, -0.2) is 58.6 Å². The van der Waals surface area contributed by atoms with Gasteiger partial charge in [-0.25, -0.2) is 0 Å². The van der Waals surface area contributed by atoms with Gasteiger partial charge in [-0.2, -0.15) is 0 Å². The molecule has 2 aromatic rings. The molecule has 0 radical (unpaired) electrons. The van der Waals surface area contributed by atoms with Crippen LogP contribution in [0.15, 0.2) is 45.9 Å². The van der Waals surface area contributed by atoms with E-state index < -0.39 is 11.1 Å². The highest BCUT2D eigenvalue weighted by molar-refractivity contribution is 9.10. The minimum Gasteiger partial charge on any atom is -0.493 e. The Bertz CT molecular complexity index is 1100. The zero-order chi connectivity index (χ0) is 23.4. The van der Waals surface area contributed by atoms with E-state index in [0.717, 1.165) is 35.2 Å². The lowest BCUT2D eigenvalue weighted by Crippen LogP contribution is -2.40. The maximum Gasteiger partial charge on any atom is 0.294 e. The van der Waals surface area contributed by atoms with E-state index in [0.29, 0.717) is 34.6 Å². The third kappa shape index (κ3) is 5.39. The number of rotatable bonds is 7. The average molecular weight is 532 g/mol. The minimum absolute atomic E-state index is 0.199. The van der Waals surface area contributed by atoms with Crippen molar-refractivity contribution in [3.05, 3.63) is 57.2 Å². The summed E-state index contributed by atoms with van der Waals surface area (Å²) < 4.78 is 12.0. The maximum atomic E-state index is 12.8. The van der Waals surface area contributed by atoms with E-state index in [1.807, 2.05) is 18.2 Å². The number of benzene rings is 1. The predicted molar refractivity (Wildman–Crippen MR) is 128 cm³/mol. The molecule has 4 rings (SSSR count). The largest absolute Gasteiger partial charge is 0.493 e. The van der Waals surface area contributed by atoms with Crippen molar-refractivity contribution in [3.8, 4) is 11.5 Å². The second-order valence-electron chi connectivity index (χ2n) is 7.50. The van der Waals surface area contributed by atoms with Crippen LogP contribution >= 0.6 is 27.7 Å². The summed E-state index contributed by atoms with van der Waals surface area (Å²) in [4.78, 5) is 44.8. The lowest BCUT2D eigenvalue weighted by atomic mass is 10.2. The first-order valence-electron chi connectivity index (χ1n) is 10.4. The van der Waals surface area contributed by atoms with Gasteiger partial charge in [-0.3, -0.25) is 24.3 Å². The van der Waals surface area contributed by atoms with E-state index in [1.165, 1.54) is 7.11 Å². The molecule has 0 unspecified atom stereocenters. The second-order valence-corrected chi connectivity index (χ2v) is 9.35. The van der Waals surface area contributed by atoms with Crippen LogP contribution in [0.2, 0.25) is 0 Å². The number of imide groups is 1. The number of pyridine rings is 1. The molecule has 172 valence electrons. The minimum atomic E-state index is -0.469. The molecule has 33 heavy (non-hydrogen) atoms. The normalized spacial score (nSPS) is 17.2. The zero-order valence-electron chi connectivity index (χ0n) is 18.0. The lowest BCUT2D eigenvalue weighted by Gasteiger charge is -2.18. The molecule has 2 aliphatic heterocycles. The summed E-state index contributed by atoms with van der Waals surface area (Å²) in [5.74, 6) is 0.303. The van der Waals surface area contributed by atoms with E-state index in [9.17, 15) is 14.4 Å². The third-order valence-corrected chi connectivity index (χ3v) is 6.76. The highest BCUT2D eigenvalue weighted by atomic mass is 79.9. The molecule has 0 atom stereocenters. The van der Waals surface area contributed by atoms with Crippen molar-refractivity contribution in [3.63, 3.8) is 0 Å². The van der Waals surface area contributed by atoms with Crippen LogP contribution in [-0.2, 0) is 16.2 Å². The smallest absolute Gasteiger partial charge is 0.294 e. The van der Waals surface area contributed by atoms with E-state index in [2.05, 4.69) is 20.9 Å². The van der Waals surface area contributed by atoms with Crippen molar-refractivity contribution < 1.29 is 23.9 Å². The van der Waals surface area contributed by atoms with Gasteiger partial charge in [-0.05, 0) is 76.4 Å². The van der Waals surface area contributed by atoms with Crippen molar-refractivity contribution in [1.29, 1.82) is 0 Å². The van der Waals surface area contributed by atoms with E-state index in [1.54, 1.807) is 29.3 Å². The molecule has 0 saturated carbocycles. The number of hydrogen-bond donors (Lipinski definition) is 0. The van der Waals surface area contributed by atoms with Gasteiger partial charge < -0.3 is 14.4 Å². The molecule has 2 saturated heterocycles. The predicted octanol–water partition coefficient (Wildman–Crippen LogP) is 4.09. The summed E-state index contributed by atoms with van der Waals surface area (Å²) in [6.45, 7) is 1.38. The molecule has 8 nitrogen and oxygen atoms in total. The Balaban J connectivity index is 1.49. The Kier molecular flexibility index (Phi) is 7.34. The van der Waals surface area contributed by atoms with Crippen LogP contribution < -0.4 is 9.47 Å². The van der Waals surface area contributed by atoms with E-state index in [4.69, 9.17) is 9.47 Å². The van der Waals surface area contributed by atoms with Crippen molar-refractivity contribution >= 4 is 50.8 Å². The number of amides is 3. The number of carbonyl (C=O) groups excluding carboxylic acids is 3. The first-order chi connectivity index (χ1) is 16.0. The molecule has 1 aromatic carbocycles. The van der Waals surface area contributed by atoms with E-state index >= 15 is 0 Å². The molecule has 3 amide bonds. The van der Waals surface area contributed by atoms with Crippen molar-refractivity contribution in [1.82, 2.24) is 14.8 Å². The molecule has 2 fully saturated rings. The average Bonchev–Trinajstić information content (AvgIpc) is 3.44. The fourth-order valence-corrected chi connectivity index (χ4v) is 4.99. The topological polar surface area (TPSA) is 89.0 Å². The molecule has 0 aliphatic carbocycles. The number of nitrogens with zero attached hydrogens (tertiary/aromatic N) is 3. The van der Waals surface area contributed by atoms with Gasteiger partial charge in [0.2, 0.25) is 5.91 Å². The van der Waals surface area contributed by atoms with Crippen molar-refractivity contribution in [2.24, 2.45) is 0 Å². The van der Waals surface area contributed by atoms with Crippen LogP contribution in [0.4, 0.5) is 4.79 Å². The SMILES string of the molecule is COc1cc(/C=C2\SC(=O)N(CC(=O)N3CCCC3)C2=O)cc(Br)c1OCc1ccccn1. The van der Waals surface area contributed by atoms with Crippen LogP contribution in [0, 0.1) is 0 Å². The molecular weight excluding hydrogens is 510 g/mol. The van der Waals surface area contributed by atoms with E-state index in [-0.39, 0.29) is 24.0 Å². The number of thioether (sulfide) groups is 1. The van der Waals surface area contributed by atoms with Gasteiger partial charge >= 0.3 is 0 Å². The van der Waals surface area contributed by atoms with Gasteiger partial charge in [0.1, 0.15) is 13.2 Å². The molecule has 1 aromatic heterocycles. The monoisotopic (exact) mass is 531 g/mol. The number of methoxy groups -OCH3 is 1. The number of carbonyl (C=O) groups is 3. The number of ether oxygens (including phenoxy) is 2. The maximum absolute atomic E-state index is 12.8. The highest BCUT2D eigenvalue weighted by Gasteiger charge is 2.37. The summed E-state index contributed by atoms with van der Waals surface area (Å²) >= 11 is 4.32. The third-order valence-electron chi connectivity index (χ3n) is 5.27. The van der Waals surface area contributed by atoms with Gasteiger partial charge in [-0.15, -0.1) is 0 Å². The molecule has 10 heteroatoms. The lowest BCUT2D eigenvalue weighted by molar-refractivity contribution is -0.135. The summed E-state index contributed by atoms with van der Waals surface area (Å²) in [7, 11) is 1.52. The zero-order valence-corrected chi connectivity index (χ0v) is 20.4. The Labute approximate surface area is 204 Å². The van der Waals surface area contributed by atoms with Crippen LogP contribution in [0.5, 0.6) is 11.5 Å². The number of aromatic nitrogens is 1. The number of hydrogen-bond acceptors (Lipinski definition) is 7. The van der Waals surface area contributed by atoms with Crippen molar-refractivity contribution in [2.45, 2.75) is 19.4 Å². The number of halogens is 1. The molecule has 0 N–H and O–H groups in total. The van der Waals surface area contributed by atoms with Gasteiger partial charge in [0, 0.05) is 19.3 Å². The highest BCUT2D eigenvalue weighted by Crippen LogP contribution is 2.39. The molecule has 0 bridgehead atoms. The standard InChI is InChI=1S/C23H22BrN3O5S/c1-31-18-11-15(10-17(24)21(18)32-14-16-6-2-3-7-25-16)12-19-22(29)27(23(30)33-19)13-20(28)26-8-4-5-9-26/h2-3,6-7,10-12H,4-5,8-9,13-14H2,1H3/b19-12-. The van der Waals surface area contributed by atoms with Gasteiger partial charge in [0.05, 0.1) is 22.2 Å². The van der Waals surface area contributed by atoms with Crippen LogP contribution in [0.1, 0.15) is 24.1 Å². The Morgan fingerprint density at radius 2 is 2.03 bits per heavy atom. The fourth-order valence-electron chi connectivity index (χ4n) is 3.58. The van der Waals surface area contributed by atoms with Crippen LogP contribution in [0.3, 0.4) is 0 Å². The number of likely N-dealkylation sites (tertiary alicyclic amines) is 1. The summed E-state index contributed by atoms with van der Waals surface area (Å²) in [6.07, 6.45) is 5.21. The Morgan fingerprint density at radius 3 is 2.73 bits per heavy atom. The molecule has 0 spiro atoms. The first-order valence-corrected chi connectivity index (χ1v) is 12.0. The Hall–Kier alpha value is -2.85. The van der Waals surface area contributed by atoms with Crippen molar-refractivity contribution in [2.75, 3.05) is 26.7 Å². The molecular formula is C23H22BrN3O5S. The summed E-state index contributed by atoms with van der Waals surface area (Å²) in [5.41, 5.74) is 1.42. The first kappa shape index (κ1) is 23.3. The van der Waals surface area contributed by atoms with Crippen LogP contribution in [0.25, 0.3) is 6.08 Å². The summed E-state index contributed by atoms with van der Waals surface area (Å²) in [6, 6.07) is 9.08. The second kappa shape index (κ2) is 10.4. The fraction of sp³-hybridized carbons (Fsp3) is 0.304. The summed E-state index contributed by atoms with van der Waals surface area (Å²) in [5, 5.41) is -0.444. The quantitative estimate of drug-likeness (QED) is 0.497. The molecule has 3 heterocycles.